The van der Waals surface area contributed by atoms with E-state index in [2.05, 4.69) is 29.4 Å². The van der Waals surface area contributed by atoms with E-state index in [1.165, 1.54) is 11.3 Å². The maximum absolute atomic E-state index is 12.7. The summed E-state index contributed by atoms with van der Waals surface area (Å²) >= 11 is 7.17. The van der Waals surface area contributed by atoms with E-state index in [-0.39, 0.29) is 23.7 Å². The number of nitrogens with one attached hydrogen (secondary N) is 1. The molecule has 1 fully saturated rings. The van der Waals surface area contributed by atoms with Crippen LogP contribution in [0, 0.1) is 5.92 Å². The van der Waals surface area contributed by atoms with Crippen LogP contribution in [0.1, 0.15) is 60.3 Å². The van der Waals surface area contributed by atoms with Gasteiger partial charge in [0.25, 0.3) is 5.91 Å². The fourth-order valence-corrected chi connectivity index (χ4v) is 4.47. The zero-order valence-corrected chi connectivity index (χ0v) is 17.7. The largest absolute Gasteiger partial charge is 0.342 e. The molecule has 150 valence electrons. The van der Waals surface area contributed by atoms with E-state index >= 15 is 0 Å². The Morgan fingerprint density at radius 2 is 1.96 bits per heavy atom. The average molecular weight is 421 g/mol. The van der Waals surface area contributed by atoms with Crippen molar-refractivity contribution in [1.82, 2.24) is 15.1 Å². The Morgan fingerprint density at radius 1 is 1.25 bits per heavy atom. The van der Waals surface area contributed by atoms with Gasteiger partial charge in [-0.3, -0.25) is 9.59 Å². The van der Waals surface area contributed by atoms with Crippen LogP contribution >= 0.6 is 22.9 Å². The van der Waals surface area contributed by atoms with Crippen molar-refractivity contribution in [3.05, 3.63) is 39.3 Å². The van der Waals surface area contributed by atoms with Gasteiger partial charge in [-0.15, -0.1) is 10.2 Å². The van der Waals surface area contributed by atoms with Gasteiger partial charge in [0.1, 0.15) is 5.01 Å². The van der Waals surface area contributed by atoms with Crippen LogP contribution in [0.5, 0.6) is 0 Å². The van der Waals surface area contributed by atoms with Crippen molar-refractivity contribution in [2.45, 2.75) is 45.4 Å². The van der Waals surface area contributed by atoms with Gasteiger partial charge in [0, 0.05) is 35.6 Å². The molecule has 1 atom stereocenters. The normalized spacial score (nSPS) is 17.0. The summed E-state index contributed by atoms with van der Waals surface area (Å²) in [6.45, 7) is 5.57. The fraction of sp³-hybridized carbons (Fsp3) is 0.500. The number of benzene rings is 1. The van der Waals surface area contributed by atoms with Crippen LogP contribution in [0.2, 0.25) is 5.02 Å². The molecule has 2 heterocycles. The molecule has 2 amide bonds. The average Bonchev–Trinajstić information content (AvgIpc) is 3.21. The number of carbonyl (C=O) groups excluding carboxylic acids is 2. The zero-order chi connectivity index (χ0) is 20.1. The van der Waals surface area contributed by atoms with E-state index < -0.39 is 0 Å². The third-order valence-corrected chi connectivity index (χ3v) is 6.49. The molecule has 1 aliphatic heterocycles. The number of hydrogen-bond donors (Lipinski definition) is 1. The minimum Gasteiger partial charge on any atom is -0.342 e. The maximum atomic E-state index is 12.7. The van der Waals surface area contributed by atoms with Gasteiger partial charge in [-0.2, -0.15) is 0 Å². The van der Waals surface area contributed by atoms with Crippen LogP contribution in [0.4, 0.5) is 5.69 Å². The lowest BCUT2D eigenvalue weighted by Gasteiger charge is -2.33. The van der Waals surface area contributed by atoms with Crippen LogP contribution in [-0.4, -0.2) is 40.0 Å². The van der Waals surface area contributed by atoms with Crippen molar-refractivity contribution in [2.75, 3.05) is 18.4 Å². The second kappa shape index (κ2) is 9.47. The Hall–Kier alpha value is -1.99. The summed E-state index contributed by atoms with van der Waals surface area (Å²) in [5.41, 5.74) is 0.658. The topological polar surface area (TPSA) is 75.2 Å². The molecule has 0 aliphatic carbocycles. The second-order valence-corrected chi connectivity index (χ2v) is 8.49. The highest BCUT2D eigenvalue weighted by atomic mass is 35.5. The minimum atomic E-state index is -0.285. The van der Waals surface area contributed by atoms with Crippen LogP contribution in [0.15, 0.2) is 24.3 Å². The molecule has 1 aromatic heterocycles. The predicted octanol–water partition coefficient (Wildman–Crippen LogP) is 4.59. The standard InChI is InChI=1S/C20H25ClN4O2S/c1-3-13(4-2)20(27)25-11-5-6-14(12-25)18-23-24-19(28-18)17(26)22-16-9-7-15(21)8-10-16/h7-10,13-14H,3-6,11-12H2,1-2H3,(H,22,26)/t14-/m0/s1. The Kier molecular flexibility index (Phi) is 7.02. The molecular formula is C20H25ClN4O2S. The van der Waals surface area contributed by atoms with Gasteiger partial charge < -0.3 is 10.2 Å². The molecular weight excluding hydrogens is 396 g/mol. The lowest BCUT2D eigenvalue weighted by atomic mass is 9.95. The Labute approximate surface area is 174 Å². The monoisotopic (exact) mass is 420 g/mol. The molecule has 0 unspecified atom stereocenters. The number of piperidine rings is 1. The molecule has 1 aliphatic rings. The van der Waals surface area contributed by atoms with E-state index in [0.29, 0.717) is 22.3 Å². The first-order valence-corrected chi connectivity index (χ1v) is 10.9. The van der Waals surface area contributed by atoms with Crippen molar-refractivity contribution < 1.29 is 9.59 Å². The third kappa shape index (κ3) is 4.89. The summed E-state index contributed by atoms with van der Waals surface area (Å²) < 4.78 is 0. The molecule has 0 bridgehead atoms. The van der Waals surface area contributed by atoms with Gasteiger partial charge in [-0.25, -0.2) is 0 Å². The number of rotatable bonds is 6. The van der Waals surface area contributed by atoms with Gasteiger partial charge in [0.15, 0.2) is 0 Å². The van der Waals surface area contributed by atoms with Crippen LogP contribution in [0.25, 0.3) is 0 Å². The fourth-order valence-electron chi connectivity index (χ4n) is 3.48. The smallest absolute Gasteiger partial charge is 0.286 e. The van der Waals surface area contributed by atoms with Gasteiger partial charge in [-0.05, 0) is 49.9 Å². The quantitative estimate of drug-likeness (QED) is 0.741. The summed E-state index contributed by atoms with van der Waals surface area (Å²) in [6, 6.07) is 6.92. The molecule has 0 saturated carbocycles. The number of aromatic nitrogens is 2. The van der Waals surface area contributed by atoms with Crippen molar-refractivity contribution in [1.29, 1.82) is 0 Å². The summed E-state index contributed by atoms with van der Waals surface area (Å²) in [5.74, 6) is 0.183. The summed E-state index contributed by atoms with van der Waals surface area (Å²) in [6.07, 6.45) is 3.64. The number of anilines is 1. The molecule has 1 aromatic carbocycles. The number of likely N-dealkylation sites (tertiary alicyclic amines) is 1. The lowest BCUT2D eigenvalue weighted by Crippen LogP contribution is -2.42. The molecule has 2 aromatic rings. The highest BCUT2D eigenvalue weighted by Gasteiger charge is 2.30. The Morgan fingerprint density at radius 3 is 2.64 bits per heavy atom. The molecule has 28 heavy (non-hydrogen) atoms. The molecule has 6 nitrogen and oxygen atoms in total. The van der Waals surface area contributed by atoms with Crippen molar-refractivity contribution in [3.63, 3.8) is 0 Å². The summed E-state index contributed by atoms with van der Waals surface area (Å²) in [7, 11) is 0. The molecule has 0 spiro atoms. The molecule has 8 heteroatoms. The van der Waals surface area contributed by atoms with E-state index in [9.17, 15) is 9.59 Å². The molecule has 0 radical (unpaired) electrons. The van der Waals surface area contributed by atoms with E-state index in [0.717, 1.165) is 37.2 Å². The predicted molar refractivity (Wildman–Crippen MR) is 112 cm³/mol. The van der Waals surface area contributed by atoms with E-state index in [1.807, 2.05) is 4.90 Å². The first-order valence-electron chi connectivity index (χ1n) is 9.70. The van der Waals surface area contributed by atoms with Gasteiger partial charge in [0.2, 0.25) is 10.9 Å². The van der Waals surface area contributed by atoms with Crippen LogP contribution < -0.4 is 5.32 Å². The summed E-state index contributed by atoms with van der Waals surface area (Å²) in [4.78, 5) is 27.1. The number of amides is 2. The van der Waals surface area contributed by atoms with Crippen LogP contribution in [-0.2, 0) is 4.79 Å². The second-order valence-electron chi connectivity index (χ2n) is 7.04. The Bertz CT molecular complexity index is 820. The molecule has 1 saturated heterocycles. The van der Waals surface area contributed by atoms with E-state index in [4.69, 9.17) is 11.6 Å². The molecule has 3 rings (SSSR count). The molecule has 1 N–H and O–H groups in total. The lowest BCUT2D eigenvalue weighted by molar-refractivity contribution is -0.137. The van der Waals surface area contributed by atoms with Gasteiger partial charge in [0.05, 0.1) is 0 Å². The zero-order valence-electron chi connectivity index (χ0n) is 16.2. The maximum Gasteiger partial charge on any atom is 0.286 e. The van der Waals surface area contributed by atoms with E-state index in [1.54, 1.807) is 24.3 Å². The van der Waals surface area contributed by atoms with Gasteiger partial charge in [-0.1, -0.05) is 36.8 Å². The number of hydrogen-bond acceptors (Lipinski definition) is 5. The minimum absolute atomic E-state index is 0.0916. The van der Waals surface area contributed by atoms with Crippen molar-refractivity contribution >= 4 is 40.4 Å². The Balaban J connectivity index is 1.64. The van der Waals surface area contributed by atoms with Crippen LogP contribution in [0.3, 0.4) is 0 Å². The SMILES string of the molecule is CCC(CC)C(=O)N1CCC[C@H](c2nnc(C(=O)Nc3ccc(Cl)cc3)s2)C1. The first-order chi connectivity index (χ1) is 13.5. The number of nitrogens with zero attached hydrogens (tertiary/aromatic N) is 3. The number of carbonyl (C=O) groups is 2. The highest BCUT2D eigenvalue weighted by molar-refractivity contribution is 7.13. The summed E-state index contributed by atoms with van der Waals surface area (Å²) in [5, 5.41) is 12.9. The first kappa shape index (κ1) is 20.7. The highest BCUT2D eigenvalue weighted by Crippen LogP contribution is 2.30. The van der Waals surface area contributed by atoms with Crippen molar-refractivity contribution in [2.24, 2.45) is 5.92 Å². The van der Waals surface area contributed by atoms with Gasteiger partial charge >= 0.3 is 0 Å². The third-order valence-electron chi connectivity index (χ3n) is 5.15. The van der Waals surface area contributed by atoms with Crippen molar-refractivity contribution in [3.8, 4) is 0 Å². The number of halogens is 1.